The van der Waals surface area contributed by atoms with E-state index in [9.17, 15) is 8.42 Å². The molecule has 0 bridgehead atoms. The van der Waals surface area contributed by atoms with Gasteiger partial charge in [0.1, 0.15) is 0 Å². The summed E-state index contributed by atoms with van der Waals surface area (Å²) < 4.78 is 26.7. The van der Waals surface area contributed by atoms with E-state index in [4.69, 9.17) is 11.6 Å². The molecule has 0 aliphatic heterocycles. The molecule has 0 spiro atoms. The molecule has 0 atom stereocenters. The second kappa shape index (κ2) is 6.87. The highest BCUT2D eigenvalue weighted by atomic mass is 35.5. The van der Waals surface area contributed by atoms with Crippen LogP contribution in [0.3, 0.4) is 0 Å². The molecule has 0 radical (unpaired) electrons. The molecule has 114 valence electrons. The Morgan fingerprint density at radius 3 is 2.67 bits per heavy atom. The second-order valence-corrected chi connectivity index (χ2v) is 8.11. The highest BCUT2D eigenvalue weighted by molar-refractivity contribution is 7.88. The third-order valence-corrected chi connectivity index (χ3v) is 5.68. The van der Waals surface area contributed by atoms with Crippen molar-refractivity contribution < 1.29 is 8.42 Å². The van der Waals surface area contributed by atoms with Crippen molar-refractivity contribution >= 4 is 33.0 Å². The van der Waals surface area contributed by atoms with E-state index in [-0.39, 0.29) is 12.3 Å². The van der Waals surface area contributed by atoms with Crippen molar-refractivity contribution in [1.29, 1.82) is 0 Å². The van der Waals surface area contributed by atoms with Gasteiger partial charge in [-0.1, -0.05) is 43.6 Å². The van der Waals surface area contributed by atoms with Gasteiger partial charge >= 0.3 is 0 Å². The third-order valence-electron chi connectivity index (χ3n) is 2.84. The third kappa shape index (κ3) is 4.78. The number of thiazole rings is 1. The van der Waals surface area contributed by atoms with Crippen LogP contribution in [0.2, 0.25) is 5.02 Å². The topological polar surface area (TPSA) is 59.1 Å². The van der Waals surface area contributed by atoms with Crippen LogP contribution in [0.25, 0.3) is 0 Å². The van der Waals surface area contributed by atoms with Gasteiger partial charge in [0, 0.05) is 16.3 Å². The van der Waals surface area contributed by atoms with Crippen molar-refractivity contribution in [2.45, 2.75) is 32.1 Å². The molecule has 1 aromatic carbocycles. The van der Waals surface area contributed by atoms with E-state index in [1.54, 1.807) is 35.6 Å². The SMILES string of the molecule is CC(C)c1nc(CNS(=O)(=O)Cc2ccccc2Cl)cs1. The van der Waals surface area contributed by atoms with Gasteiger partial charge in [-0.25, -0.2) is 18.1 Å². The summed E-state index contributed by atoms with van der Waals surface area (Å²) in [4.78, 5) is 4.40. The van der Waals surface area contributed by atoms with Crippen molar-refractivity contribution in [1.82, 2.24) is 9.71 Å². The number of rotatable bonds is 6. The molecule has 0 fully saturated rings. The normalized spacial score (nSPS) is 12.0. The average molecular weight is 345 g/mol. The number of benzene rings is 1. The average Bonchev–Trinajstić information content (AvgIpc) is 2.88. The number of sulfonamides is 1. The van der Waals surface area contributed by atoms with Crippen LogP contribution < -0.4 is 4.72 Å². The Morgan fingerprint density at radius 1 is 1.33 bits per heavy atom. The van der Waals surface area contributed by atoms with Crippen molar-refractivity contribution in [3.05, 3.63) is 50.9 Å². The van der Waals surface area contributed by atoms with Crippen molar-refractivity contribution in [3.63, 3.8) is 0 Å². The number of aromatic nitrogens is 1. The lowest BCUT2D eigenvalue weighted by molar-refractivity contribution is 0.579. The molecule has 1 aromatic heterocycles. The quantitative estimate of drug-likeness (QED) is 0.871. The standard InChI is InChI=1S/C14H17ClN2O2S2/c1-10(2)14-17-12(8-20-14)7-16-21(18,19)9-11-5-3-4-6-13(11)15/h3-6,8,10,16H,7,9H2,1-2H3. The van der Waals surface area contributed by atoms with Crippen molar-refractivity contribution in [3.8, 4) is 0 Å². The highest BCUT2D eigenvalue weighted by Gasteiger charge is 2.14. The molecule has 0 unspecified atom stereocenters. The van der Waals surface area contributed by atoms with E-state index in [1.807, 2.05) is 5.38 Å². The fourth-order valence-electron chi connectivity index (χ4n) is 1.72. The summed E-state index contributed by atoms with van der Waals surface area (Å²) in [6, 6.07) is 6.93. The first-order valence-electron chi connectivity index (χ1n) is 6.52. The smallest absolute Gasteiger partial charge is 0.216 e. The van der Waals surface area contributed by atoms with E-state index in [0.29, 0.717) is 16.5 Å². The molecule has 0 saturated heterocycles. The first-order chi connectivity index (χ1) is 9.87. The van der Waals surface area contributed by atoms with Gasteiger partial charge in [-0.15, -0.1) is 11.3 Å². The summed E-state index contributed by atoms with van der Waals surface area (Å²) in [5.74, 6) is 0.219. The molecule has 4 nitrogen and oxygen atoms in total. The maximum absolute atomic E-state index is 12.1. The lowest BCUT2D eigenvalue weighted by Crippen LogP contribution is -2.25. The van der Waals surface area contributed by atoms with Crippen LogP contribution in [0, 0.1) is 0 Å². The molecule has 21 heavy (non-hydrogen) atoms. The number of nitrogens with zero attached hydrogens (tertiary/aromatic N) is 1. The number of hydrogen-bond acceptors (Lipinski definition) is 4. The molecular weight excluding hydrogens is 328 g/mol. The van der Waals surface area contributed by atoms with Gasteiger partial charge in [-0.3, -0.25) is 0 Å². The van der Waals surface area contributed by atoms with Crippen LogP contribution in [-0.2, 0) is 22.3 Å². The summed E-state index contributed by atoms with van der Waals surface area (Å²) in [6.45, 7) is 4.32. The number of nitrogens with one attached hydrogen (secondary N) is 1. The Kier molecular flexibility index (Phi) is 5.37. The summed E-state index contributed by atoms with van der Waals surface area (Å²) in [6.07, 6.45) is 0. The molecule has 0 aliphatic carbocycles. The summed E-state index contributed by atoms with van der Waals surface area (Å²) in [7, 11) is -3.44. The summed E-state index contributed by atoms with van der Waals surface area (Å²) in [5, 5.41) is 3.35. The summed E-state index contributed by atoms with van der Waals surface area (Å²) in [5.41, 5.74) is 1.33. The number of halogens is 1. The molecule has 0 amide bonds. The van der Waals surface area contributed by atoms with Crippen LogP contribution in [0.1, 0.15) is 36.0 Å². The zero-order valence-corrected chi connectivity index (χ0v) is 14.2. The van der Waals surface area contributed by atoms with E-state index >= 15 is 0 Å². The zero-order valence-electron chi connectivity index (χ0n) is 11.8. The van der Waals surface area contributed by atoms with Gasteiger partial charge in [0.25, 0.3) is 0 Å². The lowest BCUT2D eigenvalue weighted by Gasteiger charge is -2.07. The van der Waals surface area contributed by atoms with E-state index in [0.717, 1.165) is 10.7 Å². The monoisotopic (exact) mass is 344 g/mol. The highest BCUT2D eigenvalue weighted by Crippen LogP contribution is 2.20. The maximum atomic E-state index is 12.1. The minimum absolute atomic E-state index is 0.131. The fourth-order valence-corrected chi connectivity index (χ4v) is 3.97. The molecule has 2 rings (SSSR count). The Morgan fingerprint density at radius 2 is 2.05 bits per heavy atom. The Balaban J connectivity index is 1.99. The largest absolute Gasteiger partial charge is 0.245 e. The van der Waals surface area contributed by atoms with Gasteiger partial charge in [-0.2, -0.15) is 0 Å². The molecule has 7 heteroatoms. The molecule has 0 aliphatic rings. The van der Waals surface area contributed by atoms with E-state index in [2.05, 4.69) is 23.6 Å². The molecule has 2 aromatic rings. The molecule has 1 N–H and O–H groups in total. The van der Waals surface area contributed by atoms with E-state index in [1.165, 1.54) is 0 Å². The minimum atomic E-state index is -3.44. The van der Waals surface area contributed by atoms with Crippen LogP contribution in [0.4, 0.5) is 0 Å². The molecular formula is C14H17ClN2O2S2. The predicted octanol–water partition coefficient (Wildman–Crippen LogP) is 3.54. The van der Waals surface area contributed by atoms with Gasteiger partial charge in [0.15, 0.2) is 0 Å². The predicted molar refractivity (Wildman–Crippen MR) is 87.1 cm³/mol. The maximum Gasteiger partial charge on any atom is 0.216 e. The molecule has 0 saturated carbocycles. The van der Waals surface area contributed by atoms with Crippen LogP contribution >= 0.6 is 22.9 Å². The van der Waals surface area contributed by atoms with Gasteiger partial charge < -0.3 is 0 Å². The van der Waals surface area contributed by atoms with Crippen LogP contribution in [0.5, 0.6) is 0 Å². The zero-order chi connectivity index (χ0) is 15.5. The summed E-state index contributed by atoms with van der Waals surface area (Å²) >= 11 is 7.53. The second-order valence-electron chi connectivity index (χ2n) is 5.00. The van der Waals surface area contributed by atoms with Crippen molar-refractivity contribution in [2.75, 3.05) is 0 Å². The minimum Gasteiger partial charge on any atom is -0.245 e. The Bertz CT molecular complexity index is 711. The van der Waals surface area contributed by atoms with Crippen LogP contribution in [-0.4, -0.2) is 13.4 Å². The Hall–Kier alpha value is -0.950. The lowest BCUT2D eigenvalue weighted by atomic mass is 10.2. The van der Waals surface area contributed by atoms with E-state index < -0.39 is 10.0 Å². The van der Waals surface area contributed by atoms with Crippen LogP contribution in [0.15, 0.2) is 29.6 Å². The first-order valence-corrected chi connectivity index (χ1v) is 9.43. The number of hydrogen-bond donors (Lipinski definition) is 1. The van der Waals surface area contributed by atoms with Crippen molar-refractivity contribution in [2.24, 2.45) is 0 Å². The fraction of sp³-hybridized carbons (Fsp3) is 0.357. The Labute approximate surface area is 134 Å². The van der Waals surface area contributed by atoms with Gasteiger partial charge in [-0.05, 0) is 11.6 Å². The van der Waals surface area contributed by atoms with Gasteiger partial charge in [0.2, 0.25) is 10.0 Å². The van der Waals surface area contributed by atoms with Gasteiger partial charge in [0.05, 0.1) is 23.0 Å². The first kappa shape index (κ1) is 16.4. The molecule has 1 heterocycles.